The maximum absolute atomic E-state index is 12.3. The fourth-order valence-electron chi connectivity index (χ4n) is 3.38. The third kappa shape index (κ3) is 5.37. The van der Waals surface area contributed by atoms with E-state index in [4.69, 9.17) is 17.0 Å². The molecule has 0 aliphatic carbocycles. The minimum atomic E-state index is -3.14. The van der Waals surface area contributed by atoms with Gasteiger partial charge in [0.25, 0.3) is 0 Å². The lowest BCUT2D eigenvalue weighted by molar-refractivity contribution is 0.143. The molecule has 1 aromatic carbocycles. The number of cyclic esters (lactones) is 1. The zero-order chi connectivity index (χ0) is 21.2. The molecule has 1 amide bonds. The van der Waals surface area contributed by atoms with Crippen LogP contribution in [0.15, 0.2) is 24.3 Å². The SMILES string of the molecule is CC(C)C(=S)NCC1CN(c2ccc(N3CCN(S(C)(=O)=O)CC3)cc2)C(=O)O1. The number of rotatable bonds is 6. The van der Waals surface area contributed by atoms with Crippen LogP contribution < -0.4 is 15.1 Å². The van der Waals surface area contributed by atoms with E-state index in [0.717, 1.165) is 16.4 Å². The molecule has 0 bridgehead atoms. The molecule has 29 heavy (non-hydrogen) atoms. The van der Waals surface area contributed by atoms with E-state index in [1.165, 1.54) is 10.6 Å². The standard InChI is InChI=1S/C19H28N4O4S2/c1-14(2)18(28)20-12-17-13-23(19(24)27-17)16-6-4-15(5-7-16)21-8-10-22(11-9-21)29(3,25)26/h4-7,14,17H,8-13H2,1-3H3,(H,20,28). The van der Waals surface area contributed by atoms with E-state index in [2.05, 4.69) is 10.2 Å². The first-order chi connectivity index (χ1) is 13.6. The van der Waals surface area contributed by atoms with Gasteiger partial charge in [0.05, 0.1) is 24.3 Å². The van der Waals surface area contributed by atoms with Gasteiger partial charge in [-0.15, -0.1) is 0 Å². The number of thiocarbonyl (C=S) groups is 1. The Kier molecular flexibility index (Phi) is 6.65. The van der Waals surface area contributed by atoms with Crippen LogP contribution in [-0.4, -0.2) is 75.4 Å². The second-order valence-corrected chi connectivity index (χ2v) is 10.1. The highest BCUT2D eigenvalue weighted by Gasteiger charge is 2.32. The minimum absolute atomic E-state index is 0.247. The number of benzene rings is 1. The second kappa shape index (κ2) is 8.85. The number of ether oxygens (including phenoxy) is 1. The topological polar surface area (TPSA) is 82.2 Å². The van der Waals surface area contributed by atoms with Gasteiger partial charge in [-0.2, -0.15) is 4.31 Å². The van der Waals surface area contributed by atoms with Gasteiger partial charge in [0.15, 0.2) is 0 Å². The molecule has 0 spiro atoms. The van der Waals surface area contributed by atoms with Crippen molar-refractivity contribution in [2.45, 2.75) is 20.0 Å². The predicted molar refractivity (Wildman–Crippen MR) is 118 cm³/mol. The largest absolute Gasteiger partial charge is 0.442 e. The van der Waals surface area contributed by atoms with Crippen LogP contribution in [0.25, 0.3) is 0 Å². The minimum Gasteiger partial charge on any atom is -0.442 e. The maximum atomic E-state index is 12.3. The van der Waals surface area contributed by atoms with Crippen molar-refractivity contribution in [2.75, 3.05) is 55.3 Å². The lowest BCUT2D eigenvalue weighted by Crippen LogP contribution is -2.48. The number of nitrogens with one attached hydrogen (secondary N) is 1. The van der Waals surface area contributed by atoms with Gasteiger partial charge in [0.2, 0.25) is 10.0 Å². The number of carbonyl (C=O) groups excluding carboxylic acids is 1. The smallest absolute Gasteiger partial charge is 0.414 e. The molecule has 0 aromatic heterocycles. The van der Waals surface area contributed by atoms with E-state index in [1.54, 1.807) is 4.90 Å². The van der Waals surface area contributed by atoms with Crippen molar-refractivity contribution in [1.82, 2.24) is 9.62 Å². The number of hydrogen-bond donors (Lipinski definition) is 1. The molecule has 3 rings (SSSR count). The first-order valence-corrected chi connectivity index (χ1v) is 12.0. The van der Waals surface area contributed by atoms with Gasteiger partial charge < -0.3 is 15.0 Å². The quantitative estimate of drug-likeness (QED) is 0.674. The fourth-order valence-corrected chi connectivity index (χ4v) is 4.29. The van der Waals surface area contributed by atoms with Gasteiger partial charge in [-0.05, 0) is 24.3 Å². The highest BCUT2D eigenvalue weighted by Crippen LogP contribution is 2.25. The van der Waals surface area contributed by atoms with E-state index in [0.29, 0.717) is 39.3 Å². The Morgan fingerprint density at radius 1 is 1.17 bits per heavy atom. The summed E-state index contributed by atoms with van der Waals surface area (Å²) >= 11 is 5.26. The van der Waals surface area contributed by atoms with E-state index in [-0.39, 0.29) is 18.1 Å². The van der Waals surface area contributed by atoms with Crippen LogP contribution in [0.2, 0.25) is 0 Å². The van der Waals surface area contributed by atoms with E-state index < -0.39 is 10.0 Å². The first kappa shape index (κ1) is 21.8. The number of piperazine rings is 1. The normalized spacial score (nSPS) is 20.8. The van der Waals surface area contributed by atoms with Crippen molar-refractivity contribution in [3.63, 3.8) is 0 Å². The molecule has 1 N–H and O–H groups in total. The molecule has 2 aliphatic heterocycles. The summed E-state index contributed by atoms with van der Waals surface area (Å²) < 4.78 is 30.2. The summed E-state index contributed by atoms with van der Waals surface area (Å²) in [5.74, 6) is 0.255. The molecule has 1 aromatic rings. The van der Waals surface area contributed by atoms with Crippen molar-refractivity contribution in [3.8, 4) is 0 Å². The zero-order valence-electron chi connectivity index (χ0n) is 17.0. The number of carbonyl (C=O) groups is 1. The molecule has 2 heterocycles. The number of anilines is 2. The lowest BCUT2D eigenvalue weighted by atomic mass is 10.2. The Balaban J connectivity index is 1.56. The molecular formula is C19H28N4O4S2. The van der Waals surface area contributed by atoms with Crippen molar-refractivity contribution in [2.24, 2.45) is 5.92 Å². The summed E-state index contributed by atoms with van der Waals surface area (Å²) in [4.78, 5) is 16.8. The predicted octanol–water partition coefficient (Wildman–Crippen LogP) is 1.67. The molecule has 2 saturated heterocycles. The number of sulfonamides is 1. The first-order valence-electron chi connectivity index (χ1n) is 9.71. The molecule has 10 heteroatoms. The lowest BCUT2D eigenvalue weighted by Gasteiger charge is -2.34. The number of hydrogen-bond acceptors (Lipinski definition) is 6. The molecule has 2 fully saturated rings. The summed E-state index contributed by atoms with van der Waals surface area (Å²) in [6.07, 6.45) is 0.635. The van der Waals surface area contributed by atoms with Crippen LogP contribution in [0.3, 0.4) is 0 Å². The number of nitrogens with zero attached hydrogens (tertiary/aromatic N) is 3. The summed E-state index contributed by atoms with van der Waals surface area (Å²) in [5.41, 5.74) is 1.79. The summed E-state index contributed by atoms with van der Waals surface area (Å²) in [7, 11) is -3.14. The second-order valence-electron chi connectivity index (χ2n) is 7.68. The summed E-state index contributed by atoms with van der Waals surface area (Å²) in [5, 5.41) is 3.16. The monoisotopic (exact) mass is 440 g/mol. The summed E-state index contributed by atoms with van der Waals surface area (Å²) in [6.45, 7) is 7.25. The average molecular weight is 441 g/mol. The Hall–Kier alpha value is -1.91. The number of amides is 1. The summed E-state index contributed by atoms with van der Waals surface area (Å²) in [6, 6.07) is 7.71. The van der Waals surface area contributed by atoms with Crippen LogP contribution in [0.4, 0.5) is 16.2 Å². The van der Waals surface area contributed by atoms with Crippen LogP contribution in [0.5, 0.6) is 0 Å². The Bertz CT molecular complexity index is 849. The fraction of sp³-hybridized carbons (Fsp3) is 0.579. The van der Waals surface area contributed by atoms with Gasteiger partial charge in [-0.1, -0.05) is 26.1 Å². The Morgan fingerprint density at radius 3 is 2.31 bits per heavy atom. The van der Waals surface area contributed by atoms with Crippen LogP contribution in [0, 0.1) is 5.92 Å². The van der Waals surface area contributed by atoms with Crippen molar-refractivity contribution in [3.05, 3.63) is 24.3 Å². The van der Waals surface area contributed by atoms with Gasteiger partial charge in [0.1, 0.15) is 6.10 Å². The average Bonchev–Trinajstić information content (AvgIpc) is 3.06. The Labute approximate surface area is 177 Å². The van der Waals surface area contributed by atoms with Crippen molar-refractivity contribution >= 4 is 44.7 Å². The van der Waals surface area contributed by atoms with Gasteiger partial charge in [-0.25, -0.2) is 13.2 Å². The third-order valence-electron chi connectivity index (χ3n) is 5.14. The maximum Gasteiger partial charge on any atom is 0.414 e. The van der Waals surface area contributed by atoms with Crippen LogP contribution in [0.1, 0.15) is 13.8 Å². The Morgan fingerprint density at radius 2 is 1.76 bits per heavy atom. The molecule has 1 atom stereocenters. The third-order valence-corrected chi connectivity index (χ3v) is 7.06. The molecule has 2 aliphatic rings. The molecule has 160 valence electrons. The van der Waals surface area contributed by atoms with E-state index in [9.17, 15) is 13.2 Å². The van der Waals surface area contributed by atoms with Crippen molar-refractivity contribution < 1.29 is 17.9 Å². The highest BCUT2D eigenvalue weighted by atomic mass is 32.2. The van der Waals surface area contributed by atoms with E-state index in [1.807, 2.05) is 38.1 Å². The van der Waals surface area contributed by atoms with Crippen LogP contribution in [-0.2, 0) is 14.8 Å². The molecule has 8 nitrogen and oxygen atoms in total. The van der Waals surface area contributed by atoms with Gasteiger partial charge in [-0.3, -0.25) is 4.90 Å². The molecular weight excluding hydrogens is 412 g/mol. The molecule has 0 radical (unpaired) electrons. The van der Waals surface area contributed by atoms with Crippen LogP contribution >= 0.6 is 12.2 Å². The van der Waals surface area contributed by atoms with Gasteiger partial charge in [0, 0.05) is 43.5 Å². The van der Waals surface area contributed by atoms with Gasteiger partial charge >= 0.3 is 6.09 Å². The molecule has 1 unspecified atom stereocenters. The highest BCUT2D eigenvalue weighted by molar-refractivity contribution is 7.88. The van der Waals surface area contributed by atoms with E-state index >= 15 is 0 Å². The molecule has 0 saturated carbocycles. The zero-order valence-corrected chi connectivity index (χ0v) is 18.6. The van der Waals surface area contributed by atoms with Crippen molar-refractivity contribution in [1.29, 1.82) is 0 Å².